The normalized spacial score (nSPS) is 17.0. The molecule has 2 heterocycles. The number of rotatable bonds is 0. The first-order valence-electron chi connectivity index (χ1n) is 14.2. The van der Waals surface area contributed by atoms with Gasteiger partial charge in [-0.25, -0.2) is 0 Å². The number of hydrogen-bond acceptors (Lipinski definition) is 9. The Labute approximate surface area is 244 Å². The summed E-state index contributed by atoms with van der Waals surface area (Å²) >= 11 is 0. The molecule has 0 bridgehead atoms. The zero-order valence-electron chi connectivity index (χ0n) is 23.9. The third-order valence-corrected chi connectivity index (χ3v) is 6.71. The van der Waals surface area contributed by atoms with Crippen LogP contribution in [0.2, 0.25) is 0 Å². The van der Waals surface area contributed by atoms with Crippen LogP contribution in [0.1, 0.15) is 0 Å². The number of ether oxygens (including phenoxy) is 8. The standard InChI is InChI=1S/C32H37NO9/c1-33-26-7-3-2-6-24(26)32(34)25-22-30-31(23-27(25)33)42-21-17-38-13-11-36-15-19-40-29-9-5-4-8-28(29)39-18-14-35-10-12-37-16-20-41-30/h2-9,22-23H,10-21H2,1H3. The molecule has 0 atom stereocenters. The monoisotopic (exact) mass is 579 g/mol. The van der Waals surface area contributed by atoms with E-state index in [1.54, 1.807) is 6.07 Å². The second-order valence-electron chi connectivity index (χ2n) is 9.51. The molecule has 5 rings (SSSR count). The van der Waals surface area contributed by atoms with E-state index in [4.69, 9.17) is 37.9 Å². The Morgan fingerprint density at radius 1 is 0.476 bits per heavy atom. The smallest absolute Gasteiger partial charge is 0.197 e. The SMILES string of the molecule is Cn1c2ccccc2c(=O)c2cc3c(cc21)OCCOCCOCCOc1ccccc1OCCOCCOCCO3. The fraction of sp³-hybridized carbons (Fsp3) is 0.406. The van der Waals surface area contributed by atoms with Gasteiger partial charge < -0.3 is 42.5 Å². The fourth-order valence-corrected chi connectivity index (χ4v) is 4.64. The Morgan fingerprint density at radius 3 is 1.45 bits per heavy atom. The number of para-hydroxylation sites is 3. The fourth-order valence-electron chi connectivity index (χ4n) is 4.64. The summed E-state index contributed by atoms with van der Waals surface area (Å²) < 4.78 is 48.4. The zero-order valence-corrected chi connectivity index (χ0v) is 23.9. The Kier molecular flexibility index (Phi) is 10.9. The van der Waals surface area contributed by atoms with Gasteiger partial charge in [0.05, 0.1) is 69.3 Å². The number of aromatic nitrogens is 1. The van der Waals surface area contributed by atoms with Gasteiger partial charge in [-0.15, -0.1) is 0 Å². The second kappa shape index (κ2) is 15.4. The molecule has 0 fully saturated rings. The lowest BCUT2D eigenvalue weighted by Gasteiger charge is -2.17. The molecule has 3 aromatic carbocycles. The Morgan fingerprint density at radius 2 is 0.905 bits per heavy atom. The van der Waals surface area contributed by atoms with Crippen LogP contribution in [0.5, 0.6) is 23.0 Å². The molecule has 0 saturated heterocycles. The van der Waals surface area contributed by atoms with E-state index in [9.17, 15) is 4.79 Å². The molecule has 0 unspecified atom stereocenters. The molecule has 1 aromatic heterocycles. The van der Waals surface area contributed by atoms with Crippen LogP contribution in [0.3, 0.4) is 0 Å². The predicted octanol–water partition coefficient (Wildman–Crippen LogP) is 3.99. The highest BCUT2D eigenvalue weighted by molar-refractivity contribution is 5.94. The van der Waals surface area contributed by atoms with Crippen LogP contribution in [0.25, 0.3) is 21.8 Å². The molecule has 0 aliphatic carbocycles. The van der Waals surface area contributed by atoms with Crippen LogP contribution in [0.4, 0.5) is 0 Å². The van der Waals surface area contributed by atoms with E-state index in [0.29, 0.717) is 106 Å². The molecule has 10 heteroatoms. The topological polar surface area (TPSA) is 95.8 Å². The van der Waals surface area contributed by atoms with Crippen LogP contribution >= 0.6 is 0 Å². The van der Waals surface area contributed by atoms with Crippen LogP contribution in [-0.2, 0) is 26.0 Å². The number of fused-ring (bicyclic) bond motifs is 4. The molecule has 42 heavy (non-hydrogen) atoms. The van der Waals surface area contributed by atoms with Gasteiger partial charge in [-0.05, 0) is 30.3 Å². The Hall–Kier alpha value is -3.83. The van der Waals surface area contributed by atoms with Crippen molar-refractivity contribution in [3.05, 3.63) is 70.9 Å². The van der Waals surface area contributed by atoms with Crippen molar-refractivity contribution < 1.29 is 37.9 Å². The van der Waals surface area contributed by atoms with Gasteiger partial charge in [0.2, 0.25) is 0 Å². The van der Waals surface area contributed by atoms with E-state index in [1.165, 1.54) is 0 Å². The Balaban J connectivity index is 1.25. The number of benzene rings is 3. The molecule has 0 N–H and O–H groups in total. The molecule has 1 aliphatic heterocycles. The molecule has 10 nitrogen and oxygen atoms in total. The van der Waals surface area contributed by atoms with Gasteiger partial charge in [-0.3, -0.25) is 4.79 Å². The summed E-state index contributed by atoms with van der Waals surface area (Å²) in [6.07, 6.45) is 0. The van der Waals surface area contributed by atoms with Crippen molar-refractivity contribution in [3.63, 3.8) is 0 Å². The predicted molar refractivity (Wildman–Crippen MR) is 158 cm³/mol. The van der Waals surface area contributed by atoms with E-state index in [0.717, 1.165) is 11.0 Å². The van der Waals surface area contributed by atoms with Crippen LogP contribution in [0.15, 0.2) is 65.5 Å². The maximum Gasteiger partial charge on any atom is 0.197 e. The van der Waals surface area contributed by atoms with Gasteiger partial charge in [-0.2, -0.15) is 0 Å². The van der Waals surface area contributed by atoms with Crippen molar-refractivity contribution >= 4 is 21.8 Å². The number of pyridine rings is 1. The van der Waals surface area contributed by atoms with Crippen molar-refractivity contribution in [2.75, 3.05) is 79.3 Å². The van der Waals surface area contributed by atoms with Gasteiger partial charge in [0.25, 0.3) is 0 Å². The van der Waals surface area contributed by atoms with Crippen molar-refractivity contribution in [1.82, 2.24) is 4.57 Å². The summed E-state index contributed by atoms with van der Waals surface area (Å²) in [5.41, 5.74) is 1.55. The van der Waals surface area contributed by atoms with Gasteiger partial charge in [0, 0.05) is 18.5 Å². The summed E-state index contributed by atoms with van der Waals surface area (Å²) in [5.74, 6) is 2.33. The van der Waals surface area contributed by atoms with E-state index in [2.05, 4.69) is 0 Å². The number of aryl methyl sites for hydroxylation is 1. The molecule has 0 spiro atoms. The van der Waals surface area contributed by atoms with E-state index in [-0.39, 0.29) is 12.0 Å². The van der Waals surface area contributed by atoms with Gasteiger partial charge in [0.1, 0.15) is 26.4 Å². The van der Waals surface area contributed by atoms with E-state index < -0.39 is 0 Å². The first-order chi connectivity index (χ1) is 20.7. The third-order valence-electron chi connectivity index (χ3n) is 6.71. The minimum absolute atomic E-state index is 0.0515. The largest absolute Gasteiger partial charge is 0.487 e. The second-order valence-corrected chi connectivity index (χ2v) is 9.51. The maximum absolute atomic E-state index is 13.3. The van der Waals surface area contributed by atoms with Gasteiger partial charge in [0.15, 0.2) is 28.4 Å². The highest BCUT2D eigenvalue weighted by atomic mass is 16.6. The molecule has 1 aliphatic rings. The van der Waals surface area contributed by atoms with Crippen molar-refractivity contribution in [2.45, 2.75) is 0 Å². The highest BCUT2D eigenvalue weighted by Gasteiger charge is 2.15. The van der Waals surface area contributed by atoms with Crippen molar-refractivity contribution in [3.8, 4) is 23.0 Å². The first-order valence-corrected chi connectivity index (χ1v) is 14.2. The summed E-state index contributed by atoms with van der Waals surface area (Å²) in [6.45, 7) is 4.59. The minimum Gasteiger partial charge on any atom is -0.487 e. The quantitative estimate of drug-likeness (QED) is 0.287. The average molecular weight is 580 g/mol. The van der Waals surface area contributed by atoms with Gasteiger partial charge in [-0.1, -0.05) is 24.3 Å². The Bertz CT molecular complexity index is 1500. The van der Waals surface area contributed by atoms with E-state index in [1.807, 2.05) is 66.2 Å². The lowest BCUT2D eigenvalue weighted by atomic mass is 10.1. The van der Waals surface area contributed by atoms with Crippen LogP contribution in [-0.4, -0.2) is 83.8 Å². The summed E-state index contributed by atoms with van der Waals surface area (Å²) in [7, 11) is 1.94. The third kappa shape index (κ3) is 7.71. The number of hydrogen-bond donors (Lipinski definition) is 0. The lowest BCUT2D eigenvalue weighted by molar-refractivity contribution is 0.0223. The first kappa shape index (κ1) is 29.7. The average Bonchev–Trinajstić information content (AvgIpc) is 3.02. The lowest BCUT2D eigenvalue weighted by Crippen LogP contribution is -2.16. The maximum atomic E-state index is 13.3. The molecular formula is C32H37NO9. The number of nitrogens with zero attached hydrogens (tertiary/aromatic N) is 1. The minimum atomic E-state index is -0.0515. The molecule has 224 valence electrons. The molecule has 0 radical (unpaired) electrons. The van der Waals surface area contributed by atoms with Crippen LogP contribution in [0, 0.1) is 0 Å². The van der Waals surface area contributed by atoms with Crippen LogP contribution < -0.4 is 24.4 Å². The summed E-state index contributed by atoms with van der Waals surface area (Å²) in [5, 5.41) is 1.21. The zero-order chi connectivity index (χ0) is 29.0. The van der Waals surface area contributed by atoms with Crippen molar-refractivity contribution in [2.24, 2.45) is 7.05 Å². The summed E-state index contributed by atoms with van der Waals surface area (Å²) in [6, 6.07) is 18.7. The van der Waals surface area contributed by atoms with Gasteiger partial charge >= 0.3 is 0 Å². The summed E-state index contributed by atoms with van der Waals surface area (Å²) in [4.78, 5) is 13.3. The van der Waals surface area contributed by atoms with Crippen molar-refractivity contribution in [1.29, 1.82) is 0 Å². The van der Waals surface area contributed by atoms with E-state index >= 15 is 0 Å². The highest BCUT2D eigenvalue weighted by Crippen LogP contribution is 2.33. The molecule has 0 amide bonds. The molecule has 4 aromatic rings. The molecule has 0 saturated carbocycles. The molecular weight excluding hydrogens is 542 g/mol.